The van der Waals surface area contributed by atoms with E-state index in [9.17, 15) is 40.7 Å². The first-order valence-electron chi connectivity index (χ1n) is 15.1. The number of alkyl halides is 6. The Hall–Kier alpha value is -3.45. The van der Waals surface area contributed by atoms with E-state index in [1.165, 1.54) is 6.07 Å². The van der Waals surface area contributed by atoms with Crippen molar-refractivity contribution in [3.8, 4) is 0 Å². The molecule has 2 unspecified atom stereocenters. The molecule has 246 valence electrons. The molecular weight excluding hydrogens is 606 g/mol. The van der Waals surface area contributed by atoms with Crippen LogP contribution >= 0.6 is 0 Å². The predicted octanol–water partition coefficient (Wildman–Crippen LogP) is 7.57. The number of unbranched alkanes of at least 4 members (excludes halogenated alkanes) is 3. The number of aryl methyl sites for hydroxylation is 1. The zero-order valence-electron chi connectivity index (χ0n) is 24.6. The maximum Gasteiger partial charge on any atom is 0.416 e. The van der Waals surface area contributed by atoms with Crippen molar-refractivity contribution in [3.05, 3.63) is 64.2 Å². The highest BCUT2D eigenvalue weighted by atomic mass is 19.4. The SMILES string of the molecule is O=C(CCCCCCC(=O)Nc1ccc2c(c1)CCC(Cc1cc(C(F)(F)F)cc(C(F)(F)F)c1)C2=O)NOC1CCCCO1. The Morgan fingerprint density at radius 1 is 0.844 bits per heavy atom. The number of Topliss-reactive ketones (excluding diaryl/α,β-unsaturated/α-hetero) is 1. The Morgan fingerprint density at radius 2 is 1.51 bits per heavy atom. The quantitative estimate of drug-likeness (QED) is 0.142. The fourth-order valence-corrected chi connectivity index (χ4v) is 5.55. The third-order valence-corrected chi connectivity index (χ3v) is 7.92. The fraction of sp³-hybridized carbons (Fsp3) is 0.531. The number of hydrogen-bond acceptors (Lipinski definition) is 5. The van der Waals surface area contributed by atoms with Crippen LogP contribution in [0.1, 0.15) is 96.8 Å². The van der Waals surface area contributed by atoms with Crippen LogP contribution in [0.5, 0.6) is 0 Å². The van der Waals surface area contributed by atoms with Crippen LogP contribution in [0, 0.1) is 5.92 Å². The number of ketones is 1. The summed E-state index contributed by atoms with van der Waals surface area (Å²) in [5, 5.41) is 2.80. The van der Waals surface area contributed by atoms with Gasteiger partial charge in [-0.2, -0.15) is 26.3 Å². The largest absolute Gasteiger partial charge is 0.416 e. The van der Waals surface area contributed by atoms with Crippen LogP contribution < -0.4 is 10.8 Å². The van der Waals surface area contributed by atoms with Crippen LogP contribution in [0.4, 0.5) is 32.0 Å². The third kappa shape index (κ3) is 10.3. The minimum Gasteiger partial charge on any atom is -0.350 e. The first-order chi connectivity index (χ1) is 21.3. The molecule has 1 heterocycles. The smallest absolute Gasteiger partial charge is 0.350 e. The van der Waals surface area contributed by atoms with Crippen molar-refractivity contribution in [2.75, 3.05) is 11.9 Å². The summed E-state index contributed by atoms with van der Waals surface area (Å²) in [4.78, 5) is 42.7. The van der Waals surface area contributed by atoms with Crippen molar-refractivity contribution in [2.45, 2.75) is 95.7 Å². The van der Waals surface area contributed by atoms with Gasteiger partial charge in [0, 0.05) is 43.0 Å². The Morgan fingerprint density at radius 3 is 2.13 bits per heavy atom. The van der Waals surface area contributed by atoms with Crippen molar-refractivity contribution < 1.29 is 50.3 Å². The lowest BCUT2D eigenvalue weighted by Gasteiger charge is -2.24. The molecule has 7 nitrogen and oxygen atoms in total. The van der Waals surface area contributed by atoms with E-state index in [1.807, 2.05) is 0 Å². The van der Waals surface area contributed by atoms with Gasteiger partial charge in [0.2, 0.25) is 11.8 Å². The van der Waals surface area contributed by atoms with E-state index < -0.39 is 35.7 Å². The van der Waals surface area contributed by atoms with Crippen LogP contribution in [0.15, 0.2) is 36.4 Å². The predicted molar refractivity (Wildman–Crippen MR) is 152 cm³/mol. The van der Waals surface area contributed by atoms with Gasteiger partial charge in [0.1, 0.15) is 0 Å². The zero-order chi connectivity index (χ0) is 32.6. The molecule has 1 fully saturated rings. The molecule has 0 spiro atoms. The number of carbonyl (C=O) groups is 3. The number of carbonyl (C=O) groups excluding carboxylic acids is 3. The number of nitrogens with one attached hydrogen (secondary N) is 2. The lowest BCUT2D eigenvalue weighted by molar-refractivity contribution is -0.200. The summed E-state index contributed by atoms with van der Waals surface area (Å²) < 4.78 is 84.9. The van der Waals surface area contributed by atoms with Crippen LogP contribution in [0.3, 0.4) is 0 Å². The van der Waals surface area contributed by atoms with Crippen molar-refractivity contribution in [2.24, 2.45) is 5.92 Å². The van der Waals surface area contributed by atoms with Crippen molar-refractivity contribution >= 4 is 23.3 Å². The molecule has 2 aliphatic rings. The summed E-state index contributed by atoms with van der Waals surface area (Å²) in [6, 6.07) is 6.16. The van der Waals surface area contributed by atoms with Gasteiger partial charge < -0.3 is 10.1 Å². The standard InChI is InChI=1S/C32H36F6N2O5/c33-31(34,35)23-16-20(17-24(19-23)32(36,37)38)15-22-11-10-21-18-25(12-13-26(21)30(22)43)39-27(41)7-3-1-2-4-8-28(42)40-45-29-9-5-6-14-44-29/h12-13,16-19,22,29H,1-11,14-15H2,(H,39,41)(H,40,42). The molecule has 0 saturated carbocycles. The van der Waals surface area contributed by atoms with Gasteiger partial charge in [-0.15, -0.1) is 0 Å². The Bertz CT molecular complexity index is 1320. The van der Waals surface area contributed by atoms with Crippen LogP contribution in [-0.4, -0.2) is 30.5 Å². The normalized spacial score (nSPS) is 18.8. The zero-order valence-corrected chi connectivity index (χ0v) is 24.6. The van der Waals surface area contributed by atoms with Crippen LogP contribution in [-0.2, 0) is 44.4 Å². The minimum atomic E-state index is -4.96. The average molecular weight is 643 g/mol. The lowest BCUT2D eigenvalue weighted by Crippen LogP contribution is -2.32. The molecule has 2 aromatic carbocycles. The summed E-state index contributed by atoms with van der Waals surface area (Å²) in [5.41, 5.74) is 0.893. The number of rotatable bonds is 12. The molecule has 2 amide bonds. The number of fused-ring (bicyclic) bond motifs is 1. The van der Waals surface area contributed by atoms with Gasteiger partial charge in [-0.25, -0.2) is 10.3 Å². The molecule has 13 heteroatoms. The monoisotopic (exact) mass is 642 g/mol. The highest BCUT2D eigenvalue weighted by Gasteiger charge is 2.37. The second kappa shape index (κ2) is 15.2. The highest BCUT2D eigenvalue weighted by Crippen LogP contribution is 2.38. The highest BCUT2D eigenvalue weighted by molar-refractivity contribution is 6.01. The van der Waals surface area contributed by atoms with Crippen LogP contribution in [0.25, 0.3) is 0 Å². The Kier molecular flexibility index (Phi) is 11.6. The summed E-state index contributed by atoms with van der Waals surface area (Å²) >= 11 is 0. The van der Waals surface area contributed by atoms with Gasteiger partial charge in [-0.05, 0) is 92.5 Å². The number of benzene rings is 2. The maximum absolute atomic E-state index is 13.3. The lowest BCUT2D eigenvalue weighted by atomic mass is 9.79. The van der Waals surface area contributed by atoms with Crippen molar-refractivity contribution in [1.29, 1.82) is 0 Å². The number of halogens is 6. The molecule has 2 aromatic rings. The fourth-order valence-electron chi connectivity index (χ4n) is 5.55. The molecule has 4 rings (SSSR count). The van der Waals surface area contributed by atoms with Gasteiger partial charge in [-0.1, -0.05) is 12.8 Å². The van der Waals surface area contributed by atoms with E-state index in [0.29, 0.717) is 61.2 Å². The number of amides is 2. The van der Waals surface area contributed by atoms with Crippen LogP contribution in [0.2, 0.25) is 0 Å². The number of ether oxygens (including phenoxy) is 1. The van der Waals surface area contributed by atoms with E-state index in [-0.39, 0.29) is 48.5 Å². The van der Waals surface area contributed by atoms with E-state index in [4.69, 9.17) is 9.57 Å². The third-order valence-electron chi connectivity index (χ3n) is 7.92. The molecule has 1 saturated heterocycles. The first kappa shape index (κ1) is 34.4. The maximum atomic E-state index is 13.3. The summed E-state index contributed by atoms with van der Waals surface area (Å²) in [6.07, 6.45) is -3.84. The summed E-state index contributed by atoms with van der Waals surface area (Å²) in [6.45, 7) is 0.621. The molecule has 2 atom stereocenters. The van der Waals surface area contributed by atoms with Crippen molar-refractivity contribution in [1.82, 2.24) is 5.48 Å². The molecular formula is C32H36F6N2O5. The molecule has 45 heavy (non-hydrogen) atoms. The van der Waals surface area contributed by atoms with Gasteiger partial charge in [0.15, 0.2) is 12.1 Å². The van der Waals surface area contributed by atoms with Gasteiger partial charge in [0.05, 0.1) is 11.1 Å². The van der Waals surface area contributed by atoms with E-state index >= 15 is 0 Å². The molecule has 0 radical (unpaired) electrons. The Labute approximate surface area is 257 Å². The van der Waals surface area contributed by atoms with E-state index in [0.717, 1.165) is 32.1 Å². The minimum absolute atomic E-state index is 0.0730. The second-order valence-electron chi connectivity index (χ2n) is 11.5. The number of hydrogen-bond donors (Lipinski definition) is 2. The molecule has 1 aliphatic heterocycles. The average Bonchev–Trinajstić information content (AvgIpc) is 2.99. The number of hydroxylamine groups is 1. The molecule has 0 aromatic heterocycles. The van der Waals surface area contributed by atoms with E-state index in [2.05, 4.69) is 10.8 Å². The second-order valence-corrected chi connectivity index (χ2v) is 11.5. The molecule has 1 aliphatic carbocycles. The number of anilines is 1. The molecule has 0 bridgehead atoms. The first-order valence-corrected chi connectivity index (χ1v) is 15.1. The Balaban J connectivity index is 1.21. The summed E-state index contributed by atoms with van der Waals surface area (Å²) in [5.74, 6) is -1.56. The van der Waals surface area contributed by atoms with Gasteiger partial charge in [-0.3, -0.25) is 14.4 Å². The van der Waals surface area contributed by atoms with E-state index in [1.54, 1.807) is 12.1 Å². The summed E-state index contributed by atoms with van der Waals surface area (Å²) in [7, 11) is 0. The van der Waals surface area contributed by atoms with Gasteiger partial charge >= 0.3 is 12.4 Å². The van der Waals surface area contributed by atoms with Crippen molar-refractivity contribution in [3.63, 3.8) is 0 Å². The topological polar surface area (TPSA) is 93.7 Å². The molecule has 2 N–H and O–H groups in total. The van der Waals surface area contributed by atoms with Gasteiger partial charge in [0.25, 0.3) is 0 Å².